The standard InChI is InChI=1S/C20H19F2N3O2/c1-12-3-9-18(17(22)11-12)23-19(26)10-8-16-13(2)24-25(20(16)27)15-6-4-14(21)5-7-15/h3-7,9,11,24H,8,10H2,1-2H3,(H,23,26). The van der Waals surface area contributed by atoms with Crippen LogP contribution in [0, 0.1) is 25.5 Å². The topological polar surface area (TPSA) is 66.9 Å². The van der Waals surface area contributed by atoms with Gasteiger partial charge in [0.2, 0.25) is 5.91 Å². The predicted molar refractivity (Wildman–Crippen MR) is 99.2 cm³/mol. The second kappa shape index (κ2) is 7.57. The molecular weight excluding hydrogens is 352 g/mol. The number of aromatic amines is 1. The van der Waals surface area contributed by atoms with Crippen molar-refractivity contribution in [2.45, 2.75) is 26.7 Å². The highest BCUT2D eigenvalue weighted by Crippen LogP contribution is 2.16. The Labute approximate surface area is 154 Å². The lowest BCUT2D eigenvalue weighted by Crippen LogP contribution is -2.19. The summed E-state index contributed by atoms with van der Waals surface area (Å²) in [6.45, 7) is 3.49. The van der Waals surface area contributed by atoms with E-state index in [0.717, 1.165) is 5.56 Å². The Morgan fingerprint density at radius 3 is 2.48 bits per heavy atom. The van der Waals surface area contributed by atoms with Gasteiger partial charge in [-0.05, 0) is 62.2 Å². The van der Waals surface area contributed by atoms with E-state index in [9.17, 15) is 18.4 Å². The molecule has 27 heavy (non-hydrogen) atoms. The SMILES string of the molecule is Cc1ccc(NC(=O)CCc2c(C)[nH]n(-c3ccc(F)cc3)c2=O)c(F)c1. The number of nitrogens with one attached hydrogen (secondary N) is 2. The quantitative estimate of drug-likeness (QED) is 0.719. The molecule has 2 aromatic carbocycles. The summed E-state index contributed by atoms with van der Waals surface area (Å²) in [5.41, 5.74) is 2.16. The van der Waals surface area contributed by atoms with Crippen molar-refractivity contribution in [3.05, 3.63) is 81.3 Å². The van der Waals surface area contributed by atoms with Gasteiger partial charge in [-0.1, -0.05) is 6.07 Å². The van der Waals surface area contributed by atoms with Gasteiger partial charge in [-0.2, -0.15) is 0 Å². The summed E-state index contributed by atoms with van der Waals surface area (Å²) in [4.78, 5) is 24.7. The fourth-order valence-electron chi connectivity index (χ4n) is 2.82. The maximum atomic E-state index is 13.8. The molecule has 0 saturated carbocycles. The molecule has 0 atom stereocenters. The van der Waals surface area contributed by atoms with Crippen LogP contribution in [-0.2, 0) is 11.2 Å². The lowest BCUT2D eigenvalue weighted by atomic mass is 10.1. The van der Waals surface area contributed by atoms with Crippen LogP contribution in [0.15, 0.2) is 47.3 Å². The Morgan fingerprint density at radius 1 is 1.11 bits per heavy atom. The Kier molecular flexibility index (Phi) is 5.21. The van der Waals surface area contributed by atoms with E-state index >= 15 is 0 Å². The molecule has 1 amide bonds. The molecule has 0 saturated heterocycles. The highest BCUT2D eigenvalue weighted by Gasteiger charge is 2.15. The van der Waals surface area contributed by atoms with Crippen molar-refractivity contribution in [3.8, 4) is 5.69 Å². The van der Waals surface area contributed by atoms with Gasteiger partial charge in [0, 0.05) is 17.7 Å². The number of carbonyl (C=O) groups excluding carboxylic acids is 1. The summed E-state index contributed by atoms with van der Waals surface area (Å²) in [5, 5.41) is 5.44. The second-order valence-corrected chi connectivity index (χ2v) is 6.36. The Balaban J connectivity index is 1.72. The summed E-state index contributed by atoms with van der Waals surface area (Å²) in [5.74, 6) is -1.28. The number of aromatic nitrogens is 2. The molecule has 0 spiro atoms. The van der Waals surface area contributed by atoms with Gasteiger partial charge in [0.25, 0.3) is 5.56 Å². The predicted octanol–water partition coefficient (Wildman–Crippen LogP) is 3.63. The number of hydrogen-bond acceptors (Lipinski definition) is 2. The van der Waals surface area contributed by atoms with Crippen molar-refractivity contribution in [2.75, 3.05) is 5.32 Å². The van der Waals surface area contributed by atoms with Crippen LogP contribution < -0.4 is 10.9 Å². The van der Waals surface area contributed by atoms with Gasteiger partial charge >= 0.3 is 0 Å². The van der Waals surface area contributed by atoms with Crippen LogP contribution in [0.3, 0.4) is 0 Å². The number of nitrogens with zero attached hydrogens (tertiary/aromatic N) is 1. The fourth-order valence-corrected chi connectivity index (χ4v) is 2.82. The molecule has 7 heteroatoms. The van der Waals surface area contributed by atoms with Crippen LogP contribution in [-0.4, -0.2) is 15.7 Å². The van der Waals surface area contributed by atoms with Gasteiger partial charge < -0.3 is 5.32 Å². The first kappa shape index (κ1) is 18.6. The Hall–Kier alpha value is -3.22. The molecule has 0 fully saturated rings. The van der Waals surface area contributed by atoms with Crippen molar-refractivity contribution >= 4 is 11.6 Å². The first-order valence-electron chi connectivity index (χ1n) is 8.47. The third kappa shape index (κ3) is 4.13. The van der Waals surface area contributed by atoms with E-state index in [1.165, 1.54) is 41.1 Å². The molecule has 1 heterocycles. The largest absolute Gasteiger partial charge is 0.324 e. The van der Waals surface area contributed by atoms with Crippen molar-refractivity contribution in [3.63, 3.8) is 0 Å². The van der Waals surface area contributed by atoms with Gasteiger partial charge in [-0.25, -0.2) is 13.5 Å². The zero-order valence-corrected chi connectivity index (χ0v) is 15.0. The molecule has 0 aliphatic carbocycles. The van der Waals surface area contributed by atoms with Crippen LogP contribution in [0.1, 0.15) is 23.2 Å². The van der Waals surface area contributed by atoms with Crippen LogP contribution in [0.25, 0.3) is 5.69 Å². The lowest BCUT2D eigenvalue weighted by Gasteiger charge is -2.06. The third-order valence-corrected chi connectivity index (χ3v) is 4.28. The molecule has 140 valence electrons. The number of amides is 1. The van der Waals surface area contributed by atoms with Crippen molar-refractivity contribution in [1.82, 2.24) is 9.78 Å². The number of rotatable bonds is 5. The summed E-state index contributed by atoms with van der Waals surface area (Å²) in [6.07, 6.45) is 0.235. The highest BCUT2D eigenvalue weighted by molar-refractivity contribution is 5.91. The van der Waals surface area contributed by atoms with Gasteiger partial charge in [0.05, 0.1) is 11.4 Å². The molecule has 3 rings (SSSR count). The van der Waals surface area contributed by atoms with Crippen molar-refractivity contribution in [1.29, 1.82) is 0 Å². The molecule has 0 unspecified atom stereocenters. The zero-order chi connectivity index (χ0) is 19.6. The van der Waals surface area contributed by atoms with Crippen LogP contribution in [0.2, 0.25) is 0 Å². The van der Waals surface area contributed by atoms with Gasteiger partial charge in [-0.3, -0.25) is 14.7 Å². The molecule has 0 aliphatic rings. The average molecular weight is 371 g/mol. The minimum atomic E-state index is -0.500. The number of anilines is 1. The molecular formula is C20H19F2N3O2. The fraction of sp³-hybridized carbons (Fsp3) is 0.200. The monoisotopic (exact) mass is 371 g/mol. The van der Waals surface area contributed by atoms with Crippen LogP contribution >= 0.6 is 0 Å². The molecule has 0 radical (unpaired) electrons. The minimum absolute atomic E-state index is 0.0324. The smallest absolute Gasteiger partial charge is 0.274 e. The van der Waals surface area contributed by atoms with Gasteiger partial charge in [0.1, 0.15) is 11.6 Å². The normalized spacial score (nSPS) is 10.8. The molecule has 2 N–H and O–H groups in total. The van der Waals surface area contributed by atoms with E-state index in [1.807, 2.05) is 0 Å². The van der Waals surface area contributed by atoms with Crippen LogP contribution in [0.5, 0.6) is 0 Å². The second-order valence-electron chi connectivity index (χ2n) is 6.36. The number of hydrogen-bond donors (Lipinski definition) is 2. The first-order valence-corrected chi connectivity index (χ1v) is 8.47. The highest BCUT2D eigenvalue weighted by atomic mass is 19.1. The van der Waals surface area contributed by atoms with E-state index in [-0.39, 0.29) is 30.0 Å². The summed E-state index contributed by atoms with van der Waals surface area (Å²) in [7, 11) is 0. The number of benzene rings is 2. The molecule has 0 aliphatic heterocycles. The molecule has 5 nitrogen and oxygen atoms in total. The number of carbonyl (C=O) groups is 1. The number of aryl methyl sites for hydroxylation is 2. The first-order chi connectivity index (χ1) is 12.8. The maximum absolute atomic E-state index is 13.8. The maximum Gasteiger partial charge on any atom is 0.274 e. The lowest BCUT2D eigenvalue weighted by molar-refractivity contribution is -0.116. The number of H-pyrrole nitrogens is 1. The van der Waals surface area contributed by atoms with E-state index in [1.54, 1.807) is 19.9 Å². The summed E-state index contributed by atoms with van der Waals surface area (Å²) >= 11 is 0. The Morgan fingerprint density at radius 2 is 1.81 bits per heavy atom. The minimum Gasteiger partial charge on any atom is -0.324 e. The summed E-state index contributed by atoms with van der Waals surface area (Å²) < 4.78 is 28.2. The molecule has 0 bridgehead atoms. The Bertz CT molecular complexity index is 1040. The van der Waals surface area contributed by atoms with E-state index in [0.29, 0.717) is 16.9 Å². The van der Waals surface area contributed by atoms with Crippen molar-refractivity contribution < 1.29 is 13.6 Å². The molecule has 1 aromatic heterocycles. The van der Waals surface area contributed by atoms with E-state index in [2.05, 4.69) is 10.4 Å². The van der Waals surface area contributed by atoms with Crippen LogP contribution in [0.4, 0.5) is 14.5 Å². The number of halogens is 2. The average Bonchev–Trinajstić information content (AvgIpc) is 2.90. The van der Waals surface area contributed by atoms with E-state index in [4.69, 9.17) is 0 Å². The van der Waals surface area contributed by atoms with E-state index < -0.39 is 11.6 Å². The van der Waals surface area contributed by atoms with Gasteiger partial charge in [0.15, 0.2) is 0 Å². The summed E-state index contributed by atoms with van der Waals surface area (Å²) in [6, 6.07) is 10.1. The van der Waals surface area contributed by atoms with Crippen molar-refractivity contribution in [2.24, 2.45) is 0 Å². The zero-order valence-electron chi connectivity index (χ0n) is 15.0. The third-order valence-electron chi connectivity index (χ3n) is 4.28. The van der Waals surface area contributed by atoms with Gasteiger partial charge in [-0.15, -0.1) is 0 Å². The molecule has 3 aromatic rings.